The lowest BCUT2D eigenvalue weighted by Crippen LogP contribution is -2.44. The fraction of sp³-hybridized carbons (Fsp3) is 0.643. The first-order valence-corrected chi connectivity index (χ1v) is 8.54. The Morgan fingerprint density at radius 2 is 2.05 bits per heavy atom. The fourth-order valence-corrected chi connectivity index (χ4v) is 3.79. The molecule has 0 bridgehead atoms. The molecule has 1 aliphatic heterocycles. The summed E-state index contributed by atoms with van der Waals surface area (Å²) in [6.45, 7) is 4.58. The monoisotopic (exact) mass is 344 g/mol. The third kappa shape index (κ3) is 4.58. The van der Waals surface area contributed by atoms with E-state index in [2.05, 4.69) is 27.3 Å². The Balaban J connectivity index is 1.81. The number of amides is 1. The predicted octanol–water partition coefficient (Wildman–Crippen LogP) is 3.39. The number of carbonyl (C=O) groups excluding carboxylic acids is 1. The van der Waals surface area contributed by atoms with Gasteiger partial charge < -0.3 is 10.2 Å². The van der Waals surface area contributed by atoms with Crippen molar-refractivity contribution in [2.75, 3.05) is 13.1 Å². The molecule has 1 aromatic heterocycles. The summed E-state index contributed by atoms with van der Waals surface area (Å²) in [6.07, 6.45) is 4.82. The molecule has 5 heteroatoms. The lowest BCUT2D eigenvalue weighted by Gasteiger charge is -2.24. The van der Waals surface area contributed by atoms with Gasteiger partial charge >= 0.3 is 0 Å². The van der Waals surface area contributed by atoms with Crippen LogP contribution in [0.15, 0.2) is 15.9 Å². The second-order valence-corrected chi connectivity index (χ2v) is 7.60. The highest BCUT2D eigenvalue weighted by molar-refractivity contribution is 9.11. The molecular weight excluding hydrogens is 324 g/mol. The van der Waals surface area contributed by atoms with Crippen molar-refractivity contribution >= 4 is 33.2 Å². The number of thiophene rings is 1. The van der Waals surface area contributed by atoms with E-state index in [-0.39, 0.29) is 11.9 Å². The van der Waals surface area contributed by atoms with Gasteiger partial charge in [0.2, 0.25) is 5.91 Å². The molecule has 106 valence electrons. The minimum absolute atomic E-state index is 0.0982. The molecule has 1 atom stereocenters. The molecule has 0 spiro atoms. The highest BCUT2D eigenvalue weighted by atomic mass is 79.9. The smallest absolute Gasteiger partial charge is 0.239 e. The highest BCUT2D eigenvalue weighted by Gasteiger charge is 2.20. The Kier molecular flexibility index (Phi) is 5.85. The minimum atomic E-state index is -0.0982. The predicted molar refractivity (Wildman–Crippen MR) is 83.4 cm³/mol. The molecule has 0 radical (unpaired) electrons. The minimum Gasteiger partial charge on any atom is -0.341 e. The van der Waals surface area contributed by atoms with Crippen LogP contribution in [0, 0.1) is 0 Å². The SMILES string of the molecule is CC(NCc1ccc(Br)s1)C(=O)N1CCCCCC1. The molecule has 1 amide bonds. The number of likely N-dealkylation sites (tertiary alicyclic amines) is 1. The third-order valence-electron chi connectivity index (χ3n) is 3.50. The Hall–Kier alpha value is -0.390. The van der Waals surface area contributed by atoms with Crippen LogP contribution in [0.5, 0.6) is 0 Å². The summed E-state index contributed by atoms with van der Waals surface area (Å²) in [5.74, 6) is 0.248. The van der Waals surface area contributed by atoms with E-state index in [4.69, 9.17) is 0 Å². The van der Waals surface area contributed by atoms with Crippen LogP contribution in [0.1, 0.15) is 37.5 Å². The van der Waals surface area contributed by atoms with E-state index in [0.29, 0.717) is 0 Å². The third-order valence-corrected chi connectivity index (χ3v) is 5.12. The molecular formula is C14H21BrN2OS. The van der Waals surface area contributed by atoms with Crippen LogP contribution in [0.2, 0.25) is 0 Å². The Morgan fingerprint density at radius 1 is 1.37 bits per heavy atom. The van der Waals surface area contributed by atoms with E-state index in [9.17, 15) is 4.79 Å². The van der Waals surface area contributed by atoms with Gasteiger partial charge in [-0.05, 0) is 47.8 Å². The van der Waals surface area contributed by atoms with Crippen molar-refractivity contribution < 1.29 is 4.79 Å². The van der Waals surface area contributed by atoms with Gasteiger partial charge in [-0.3, -0.25) is 4.79 Å². The molecule has 0 saturated carbocycles. The normalized spacial score (nSPS) is 18.1. The zero-order valence-electron chi connectivity index (χ0n) is 11.3. The first kappa shape index (κ1) is 15.0. The van der Waals surface area contributed by atoms with Crippen molar-refractivity contribution in [1.29, 1.82) is 0 Å². The summed E-state index contributed by atoms with van der Waals surface area (Å²) >= 11 is 5.16. The van der Waals surface area contributed by atoms with Gasteiger partial charge in [-0.1, -0.05) is 12.8 Å². The summed E-state index contributed by atoms with van der Waals surface area (Å²) in [5, 5.41) is 3.33. The van der Waals surface area contributed by atoms with E-state index in [1.54, 1.807) is 11.3 Å². The van der Waals surface area contributed by atoms with Crippen LogP contribution in [-0.2, 0) is 11.3 Å². The number of halogens is 1. The highest BCUT2D eigenvalue weighted by Crippen LogP contribution is 2.21. The molecule has 1 aromatic rings. The van der Waals surface area contributed by atoms with Crippen LogP contribution < -0.4 is 5.32 Å². The lowest BCUT2D eigenvalue weighted by molar-refractivity contribution is -0.133. The van der Waals surface area contributed by atoms with Gasteiger partial charge in [0.15, 0.2) is 0 Å². The Labute approximate surface area is 127 Å². The number of nitrogens with zero attached hydrogens (tertiary/aromatic N) is 1. The molecule has 2 rings (SSSR count). The number of hydrogen-bond acceptors (Lipinski definition) is 3. The summed E-state index contributed by atoms with van der Waals surface area (Å²) in [7, 11) is 0. The molecule has 3 nitrogen and oxygen atoms in total. The number of hydrogen-bond donors (Lipinski definition) is 1. The topological polar surface area (TPSA) is 32.3 Å². The number of carbonyl (C=O) groups is 1. The average Bonchev–Trinajstić information content (AvgIpc) is 2.67. The summed E-state index contributed by atoms with van der Waals surface area (Å²) in [4.78, 5) is 15.6. The second kappa shape index (κ2) is 7.41. The first-order chi connectivity index (χ1) is 9.16. The van der Waals surface area contributed by atoms with Gasteiger partial charge in [0, 0.05) is 24.5 Å². The van der Waals surface area contributed by atoms with Crippen molar-refractivity contribution in [2.45, 2.75) is 45.2 Å². The van der Waals surface area contributed by atoms with Crippen LogP contribution in [-0.4, -0.2) is 29.9 Å². The van der Waals surface area contributed by atoms with Gasteiger partial charge in [-0.25, -0.2) is 0 Å². The molecule has 1 aliphatic rings. The zero-order chi connectivity index (χ0) is 13.7. The van der Waals surface area contributed by atoms with Crippen molar-refractivity contribution in [1.82, 2.24) is 10.2 Å². The summed E-state index contributed by atoms with van der Waals surface area (Å²) in [5.41, 5.74) is 0. The summed E-state index contributed by atoms with van der Waals surface area (Å²) < 4.78 is 1.13. The maximum absolute atomic E-state index is 12.3. The Morgan fingerprint density at radius 3 is 2.63 bits per heavy atom. The molecule has 1 saturated heterocycles. The standard InChI is InChI=1S/C14H21BrN2OS/c1-11(16-10-12-6-7-13(15)19-12)14(18)17-8-4-2-3-5-9-17/h6-7,11,16H,2-5,8-10H2,1H3. The van der Waals surface area contributed by atoms with Crippen molar-refractivity contribution in [3.05, 3.63) is 20.8 Å². The fourth-order valence-electron chi connectivity index (χ4n) is 2.35. The van der Waals surface area contributed by atoms with Crippen molar-refractivity contribution in [2.24, 2.45) is 0 Å². The van der Waals surface area contributed by atoms with Gasteiger partial charge in [-0.15, -0.1) is 11.3 Å². The maximum atomic E-state index is 12.3. The van der Waals surface area contributed by atoms with Crippen LogP contribution in [0.3, 0.4) is 0 Å². The number of rotatable bonds is 4. The first-order valence-electron chi connectivity index (χ1n) is 6.93. The largest absolute Gasteiger partial charge is 0.341 e. The molecule has 0 aliphatic carbocycles. The lowest BCUT2D eigenvalue weighted by atomic mass is 10.2. The van der Waals surface area contributed by atoms with Gasteiger partial charge in [0.05, 0.1) is 9.83 Å². The van der Waals surface area contributed by atoms with Gasteiger partial charge in [0.1, 0.15) is 0 Å². The quantitative estimate of drug-likeness (QED) is 0.907. The molecule has 1 N–H and O–H groups in total. The van der Waals surface area contributed by atoms with E-state index in [0.717, 1.165) is 36.3 Å². The molecule has 1 fully saturated rings. The summed E-state index contributed by atoms with van der Waals surface area (Å²) in [6, 6.07) is 4.03. The van der Waals surface area contributed by atoms with Crippen LogP contribution in [0.4, 0.5) is 0 Å². The Bertz CT molecular complexity index is 413. The van der Waals surface area contributed by atoms with Crippen molar-refractivity contribution in [3.8, 4) is 0 Å². The average molecular weight is 345 g/mol. The number of nitrogens with one attached hydrogen (secondary N) is 1. The molecule has 2 heterocycles. The maximum Gasteiger partial charge on any atom is 0.239 e. The van der Waals surface area contributed by atoms with Crippen LogP contribution >= 0.6 is 27.3 Å². The second-order valence-electron chi connectivity index (χ2n) is 5.05. The van der Waals surface area contributed by atoms with Crippen LogP contribution in [0.25, 0.3) is 0 Å². The van der Waals surface area contributed by atoms with E-state index >= 15 is 0 Å². The van der Waals surface area contributed by atoms with E-state index < -0.39 is 0 Å². The van der Waals surface area contributed by atoms with Gasteiger partial charge in [0.25, 0.3) is 0 Å². The zero-order valence-corrected chi connectivity index (χ0v) is 13.7. The molecule has 0 aromatic carbocycles. The molecule has 1 unspecified atom stereocenters. The van der Waals surface area contributed by atoms with E-state index in [1.807, 2.05) is 17.9 Å². The van der Waals surface area contributed by atoms with Crippen molar-refractivity contribution in [3.63, 3.8) is 0 Å². The van der Waals surface area contributed by atoms with E-state index in [1.165, 1.54) is 17.7 Å². The van der Waals surface area contributed by atoms with Gasteiger partial charge in [-0.2, -0.15) is 0 Å². The molecule has 19 heavy (non-hydrogen) atoms.